The molecule has 0 saturated heterocycles. The van der Waals surface area contributed by atoms with Gasteiger partial charge in [0.1, 0.15) is 11.8 Å². The van der Waals surface area contributed by atoms with E-state index in [1.165, 1.54) is 12.5 Å². The van der Waals surface area contributed by atoms with Crippen molar-refractivity contribution in [3.05, 3.63) is 58.3 Å². The van der Waals surface area contributed by atoms with Crippen LogP contribution >= 0.6 is 0 Å². The minimum Gasteiger partial charge on any atom is -0.349 e. The molecule has 0 aliphatic carbocycles. The minimum atomic E-state index is -0.492. The normalized spacial score (nSPS) is 11.3. The molecule has 0 unspecified atom stereocenters. The highest BCUT2D eigenvalue weighted by Crippen LogP contribution is 2.16. The second-order valence-corrected chi connectivity index (χ2v) is 4.17. The van der Waals surface area contributed by atoms with Gasteiger partial charge in [0.2, 0.25) is 11.5 Å². The molecule has 3 aromatic rings. The van der Waals surface area contributed by atoms with Gasteiger partial charge in [0.25, 0.3) is 0 Å². The van der Waals surface area contributed by atoms with Crippen molar-refractivity contribution in [3.63, 3.8) is 0 Å². The van der Waals surface area contributed by atoms with Crippen LogP contribution in [0.3, 0.4) is 0 Å². The van der Waals surface area contributed by atoms with Gasteiger partial charge in [-0.3, -0.25) is 9.59 Å². The lowest BCUT2D eigenvalue weighted by atomic mass is 10.1. The molecule has 2 heterocycles. The van der Waals surface area contributed by atoms with Crippen LogP contribution in [-0.4, -0.2) is 26.8 Å². The first-order valence-corrected chi connectivity index (χ1v) is 6.18. The van der Waals surface area contributed by atoms with Crippen LogP contribution in [0, 0.1) is 0 Å². The van der Waals surface area contributed by atoms with Crippen LogP contribution in [-0.2, 0) is 0 Å². The van der Waals surface area contributed by atoms with E-state index in [-0.39, 0.29) is 22.6 Å². The SMILES string of the molecule is C/C=N/n1cnc2c(C(=O)c3ccccc3)onc2c1=O. The zero-order chi connectivity index (χ0) is 14.8. The van der Waals surface area contributed by atoms with E-state index in [1.54, 1.807) is 37.3 Å². The predicted octanol–water partition coefficient (Wildman–Crippen LogP) is 1.47. The highest BCUT2D eigenvalue weighted by Gasteiger charge is 2.21. The molecular weight excluding hydrogens is 272 g/mol. The van der Waals surface area contributed by atoms with Crippen LogP contribution in [0.5, 0.6) is 0 Å². The van der Waals surface area contributed by atoms with Crippen molar-refractivity contribution in [2.24, 2.45) is 5.10 Å². The molecule has 0 bridgehead atoms. The third kappa shape index (κ3) is 2.14. The molecule has 0 radical (unpaired) electrons. The summed E-state index contributed by atoms with van der Waals surface area (Å²) in [5, 5.41) is 7.46. The van der Waals surface area contributed by atoms with Crippen LogP contribution in [0.4, 0.5) is 0 Å². The fraction of sp³-hybridized carbons (Fsp3) is 0.0714. The fourth-order valence-corrected chi connectivity index (χ4v) is 1.90. The first-order chi connectivity index (χ1) is 10.2. The van der Waals surface area contributed by atoms with Gasteiger partial charge >= 0.3 is 5.56 Å². The molecule has 0 saturated carbocycles. The second-order valence-electron chi connectivity index (χ2n) is 4.17. The highest BCUT2D eigenvalue weighted by atomic mass is 16.5. The molecular formula is C14H10N4O3. The molecule has 0 aliphatic heterocycles. The summed E-state index contributed by atoms with van der Waals surface area (Å²) < 4.78 is 6.05. The van der Waals surface area contributed by atoms with Gasteiger partial charge in [-0.15, -0.1) is 0 Å². The Morgan fingerprint density at radius 3 is 2.76 bits per heavy atom. The lowest BCUT2D eigenvalue weighted by Crippen LogP contribution is -2.17. The molecule has 0 fully saturated rings. The van der Waals surface area contributed by atoms with Crippen molar-refractivity contribution in [2.45, 2.75) is 6.92 Å². The van der Waals surface area contributed by atoms with Crippen molar-refractivity contribution in [2.75, 3.05) is 0 Å². The lowest BCUT2D eigenvalue weighted by molar-refractivity contribution is 0.100. The minimum absolute atomic E-state index is 0.0256. The Hall–Kier alpha value is -3.09. The number of aromatic nitrogens is 3. The molecule has 0 aliphatic rings. The average Bonchev–Trinajstić information content (AvgIpc) is 2.95. The number of carbonyl (C=O) groups is 1. The Morgan fingerprint density at radius 2 is 2.05 bits per heavy atom. The third-order valence-electron chi connectivity index (χ3n) is 2.86. The Morgan fingerprint density at radius 1 is 1.29 bits per heavy atom. The van der Waals surface area contributed by atoms with Crippen molar-refractivity contribution in [1.29, 1.82) is 0 Å². The van der Waals surface area contributed by atoms with E-state index in [0.29, 0.717) is 5.56 Å². The molecule has 2 aromatic heterocycles. The van der Waals surface area contributed by atoms with Crippen molar-refractivity contribution < 1.29 is 9.32 Å². The molecule has 3 rings (SSSR count). The predicted molar refractivity (Wildman–Crippen MR) is 75.5 cm³/mol. The molecule has 104 valence electrons. The average molecular weight is 282 g/mol. The third-order valence-corrected chi connectivity index (χ3v) is 2.86. The molecule has 1 aromatic carbocycles. The summed E-state index contributed by atoms with van der Waals surface area (Å²) in [7, 11) is 0. The number of benzene rings is 1. The molecule has 0 N–H and O–H groups in total. The van der Waals surface area contributed by atoms with Crippen LogP contribution < -0.4 is 5.56 Å². The molecule has 7 nitrogen and oxygen atoms in total. The van der Waals surface area contributed by atoms with Crippen LogP contribution in [0.25, 0.3) is 11.0 Å². The molecule has 0 spiro atoms. The van der Waals surface area contributed by atoms with E-state index in [4.69, 9.17) is 4.52 Å². The number of hydrogen-bond acceptors (Lipinski definition) is 6. The summed E-state index contributed by atoms with van der Waals surface area (Å²) in [6.45, 7) is 1.67. The number of ketones is 1. The van der Waals surface area contributed by atoms with E-state index in [9.17, 15) is 9.59 Å². The van der Waals surface area contributed by atoms with E-state index in [1.807, 2.05) is 0 Å². The quantitative estimate of drug-likeness (QED) is 0.536. The zero-order valence-electron chi connectivity index (χ0n) is 11.1. The molecule has 0 amide bonds. The van der Waals surface area contributed by atoms with Crippen LogP contribution in [0.2, 0.25) is 0 Å². The van der Waals surface area contributed by atoms with Gasteiger partial charge in [-0.2, -0.15) is 9.78 Å². The molecule has 0 atom stereocenters. The van der Waals surface area contributed by atoms with Crippen molar-refractivity contribution in [1.82, 2.24) is 14.8 Å². The first-order valence-electron chi connectivity index (χ1n) is 6.18. The Kier molecular flexibility index (Phi) is 3.15. The Bertz CT molecular complexity index is 893. The number of fused-ring (bicyclic) bond motifs is 1. The standard InChI is InChI=1S/C14H10N4O3/c1-2-16-18-8-15-10-11(14(18)20)17-21-13(10)12(19)9-6-4-3-5-7-9/h2-8H,1H3/b16-2+. The van der Waals surface area contributed by atoms with E-state index < -0.39 is 5.56 Å². The first kappa shape index (κ1) is 12.9. The Labute approximate surface area is 118 Å². The smallest absolute Gasteiger partial charge is 0.304 e. The number of hydrogen-bond donors (Lipinski definition) is 0. The summed E-state index contributed by atoms with van der Waals surface area (Å²) in [6, 6.07) is 8.58. The molecule has 7 heteroatoms. The molecule has 21 heavy (non-hydrogen) atoms. The highest BCUT2D eigenvalue weighted by molar-refractivity contribution is 6.12. The van der Waals surface area contributed by atoms with Gasteiger partial charge in [0.05, 0.1) is 0 Å². The topological polar surface area (TPSA) is 90.3 Å². The number of carbonyl (C=O) groups excluding carboxylic acids is 1. The van der Waals surface area contributed by atoms with Crippen molar-refractivity contribution >= 4 is 23.0 Å². The maximum absolute atomic E-state index is 12.3. The maximum Gasteiger partial charge on any atom is 0.304 e. The van der Waals surface area contributed by atoms with E-state index in [0.717, 1.165) is 4.68 Å². The van der Waals surface area contributed by atoms with Crippen LogP contribution in [0.15, 0.2) is 51.1 Å². The maximum atomic E-state index is 12.3. The van der Waals surface area contributed by atoms with E-state index in [2.05, 4.69) is 15.2 Å². The number of rotatable bonds is 3. The zero-order valence-corrected chi connectivity index (χ0v) is 11.1. The fourth-order valence-electron chi connectivity index (χ4n) is 1.90. The van der Waals surface area contributed by atoms with Crippen LogP contribution in [0.1, 0.15) is 23.0 Å². The van der Waals surface area contributed by atoms with Gasteiger partial charge < -0.3 is 4.52 Å². The Balaban J connectivity index is 2.16. The lowest BCUT2D eigenvalue weighted by Gasteiger charge is -1.97. The van der Waals surface area contributed by atoms with Crippen molar-refractivity contribution in [3.8, 4) is 0 Å². The van der Waals surface area contributed by atoms with Gasteiger partial charge in [-0.25, -0.2) is 4.98 Å². The van der Waals surface area contributed by atoms with Gasteiger partial charge in [0.15, 0.2) is 5.52 Å². The summed E-state index contributed by atoms with van der Waals surface area (Å²) in [6.07, 6.45) is 2.68. The largest absolute Gasteiger partial charge is 0.349 e. The summed E-state index contributed by atoms with van der Waals surface area (Å²) in [4.78, 5) is 28.4. The second kappa shape index (κ2) is 5.12. The summed E-state index contributed by atoms with van der Waals surface area (Å²) >= 11 is 0. The number of nitrogens with zero attached hydrogens (tertiary/aromatic N) is 4. The summed E-state index contributed by atoms with van der Waals surface area (Å²) in [5.41, 5.74) is 0.0563. The van der Waals surface area contributed by atoms with Gasteiger partial charge in [-0.1, -0.05) is 35.5 Å². The van der Waals surface area contributed by atoms with E-state index >= 15 is 0 Å². The van der Waals surface area contributed by atoms with Gasteiger partial charge in [-0.05, 0) is 6.92 Å². The monoisotopic (exact) mass is 282 g/mol. The van der Waals surface area contributed by atoms with Gasteiger partial charge in [0, 0.05) is 11.8 Å². The summed E-state index contributed by atoms with van der Waals surface area (Å²) in [5.74, 6) is -0.428.